The molecule has 0 spiro atoms. The van der Waals surface area contributed by atoms with Gasteiger partial charge >= 0.3 is 5.97 Å². The Morgan fingerprint density at radius 2 is 1.65 bits per heavy atom. The molecule has 13 heteroatoms. The Balaban J connectivity index is 0.00000329. The second-order valence-electron chi connectivity index (χ2n) is 11.4. The normalized spacial score (nSPS) is 22.1. The average molecular weight is 609 g/mol. The number of aliphatic carboxylic acids is 1. The number of piperidine rings is 1. The number of alkyl halides is 1. The van der Waals surface area contributed by atoms with Gasteiger partial charge in [-0.15, -0.1) is 12.4 Å². The van der Waals surface area contributed by atoms with Crippen LogP contribution in [-0.2, 0) is 4.79 Å². The molecule has 0 radical (unpaired) electrons. The van der Waals surface area contributed by atoms with Crippen LogP contribution in [0.4, 0.5) is 10.2 Å². The highest BCUT2D eigenvalue weighted by Gasteiger charge is 2.44. The number of carbonyl (C=O) groups is 1. The molecule has 226 valence electrons. The molecule has 2 aromatic heterocycles. The number of para-hydroxylation sites is 1. The maximum absolute atomic E-state index is 15.8. The van der Waals surface area contributed by atoms with Crippen LogP contribution in [0.25, 0.3) is 22.3 Å². The molecule has 0 bridgehead atoms. The van der Waals surface area contributed by atoms with Gasteiger partial charge in [-0.2, -0.15) is 5.10 Å². The number of rotatable bonds is 8. The van der Waals surface area contributed by atoms with Crippen LogP contribution in [0, 0.1) is 0 Å². The van der Waals surface area contributed by atoms with Crippen molar-refractivity contribution in [3.63, 3.8) is 0 Å². The van der Waals surface area contributed by atoms with Crippen molar-refractivity contribution >= 4 is 35.2 Å². The third-order valence-electron chi connectivity index (χ3n) is 8.70. The van der Waals surface area contributed by atoms with Crippen LogP contribution in [0.15, 0.2) is 60.9 Å². The first-order valence-electron chi connectivity index (χ1n) is 14.3. The van der Waals surface area contributed by atoms with Gasteiger partial charge in [0.2, 0.25) is 0 Å². The summed E-state index contributed by atoms with van der Waals surface area (Å²) in [6.45, 7) is 4.56. The third-order valence-corrected chi connectivity index (χ3v) is 8.70. The smallest absolute Gasteiger partial charge is 0.317 e. The van der Waals surface area contributed by atoms with Gasteiger partial charge in [0.1, 0.15) is 35.5 Å². The molecule has 3 N–H and O–H groups in total. The van der Waals surface area contributed by atoms with E-state index < -0.39 is 18.2 Å². The molecule has 3 aliphatic rings. The van der Waals surface area contributed by atoms with Crippen molar-refractivity contribution in [1.29, 1.82) is 0 Å². The third kappa shape index (κ3) is 5.75. The fraction of sp³-hybridized carbons (Fsp3) is 0.400. The number of hydrogen-bond donors (Lipinski definition) is 2. The van der Waals surface area contributed by atoms with Crippen LogP contribution in [0.2, 0.25) is 0 Å². The van der Waals surface area contributed by atoms with Crippen LogP contribution in [0.5, 0.6) is 11.5 Å². The predicted molar refractivity (Wildman–Crippen MR) is 162 cm³/mol. The Morgan fingerprint density at radius 3 is 2.35 bits per heavy atom. The molecular weight excluding hydrogens is 575 g/mol. The number of aromatic nitrogens is 4. The Kier molecular flexibility index (Phi) is 8.19. The van der Waals surface area contributed by atoms with Crippen molar-refractivity contribution in [1.82, 2.24) is 34.4 Å². The average Bonchev–Trinajstić information content (AvgIpc) is 3.32. The SMILES string of the molecule is Cl.Nc1ncnc2c1c(-c1ccc(Oc3ccccc3)cc1)nn2C1CCN(C2CN(C3CN(CC(=O)O)C3)C2)CC1F. The number of nitrogens with zero attached hydrogens (tertiary/aromatic N) is 7. The van der Waals surface area contributed by atoms with E-state index in [2.05, 4.69) is 19.8 Å². The second-order valence-corrected chi connectivity index (χ2v) is 11.4. The zero-order valence-corrected chi connectivity index (χ0v) is 24.3. The number of hydrogen-bond acceptors (Lipinski definition) is 9. The van der Waals surface area contributed by atoms with Gasteiger partial charge in [0, 0.05) is 56.9 Å². The molecule has 2 aromatic carbocycles. The number of anilines is 1. The molecule has 3 fully saturated rings. The second kappa shape index (κ2) is 12.0. The Hall–Kier alpha value is -3.84. The lowest BCUT2D eigenvalue weighted by molar-refractivity contribution is -0.141. The molecule has 3 aliphatic heterocycles. The van der Waals surface area contributed by atoms with Gasteiger partial charge in [-0.1, -0.05) is 18.2 Å². The number of fused-ring (bicyclic) bond motifs is 1. The molecule has 7 rings (SSSR count). The number of nitrogens with two attached hydrogens (primary N) is 1. The topological polar surface area (TPSA) is 126 Å². The summed E-state index contributed by atoms with van der Waals surface area (Å²) in [6.07, 6.45) is 0.897. The van der Waals surface area contributed by atoms with Crippen LogP contribution >= 0.6 is 12.4 Å². The fourth-order valence-corrected chi connectivity index (χ4v) is 6.37. The molecule has 3 saturated heterocycles. The van der Waals surface area contributed by atoms with Gasteiger partial charge in [0.25, 0.3) is 0 Å². The summed E-state index contributed by atoms with van der Waals surface area (Å²) in [6, 6.07) is 17.4. The minimum Gasteiger partial charge on any atom is -0.480 e. The Bertz CT molecular complexity index is 1580. The van der Waals surface area contributed by atoms with Gasteiger partial charge < -0.3 is 15.6 Å². The van der Waals surface area contributed by atoms with Crippen LogP contribution in [-0.4, -0.2) is 110 Å². The van der Waals surface area contributed by atoms with Gasteiger partial charge in [-0.3, -0.25) is 19.5 Å². The van der Waals surface area contributed by atoms with E-state index in [-0.39, 0.29) is 19.0 Å². The highest BCUT2D eigenvalue weighted by Crippen LogP contribution is 2.37. The number of ether oxygens (including phenoxy) is 1. The molecule has 11 nitrogen and oxygen atoms in total. The van der Waals surface area contributed by atoms with Crippen LogP contribution < -0.4 is 10.5 Å². The Morgan fingerprint density at radius 1 is 0.953 bits per heavy atom. The number of carboxylic acids is 1. The molecule has 0 amide bonds. The zero-order chi connectivity index (χ0) is 28.8. The molecule has 2 atom stereocenters. The summed E-state index contributed by atoms with van der Waals surface area (Å²) in [5.74, 6) is 0.965. The predicted octanol–water partition coefficient (Wildman–Crippen LogP) is 3.33. The van der Waals surface area contributed by atoms with Crippen LogP contribution in [0.1, 0.15) is 12.5 Å². The van der Waals surface area contributed by atoms with E-state index in [4.69, 9.17) is 20.7 Å². The molecule has 2 unspecified atom stereocenters. The summed E-state index contributed by atoms with van der Waals surface area (Å²) < 4.78 is 23.5. The summed E-state index contributed by atoms with van der Waals surface area (Å²) in [5.41, 5.74) is 8.29. The lowest BCUT2D eigenvalue weighted by Gasteiger charge is -2.55. The lowest BCUT2D eigenvalue weighted by Crippen LogP contribution is -2.70. The van der Waals surface area contributed by atoms with E-state index in [0.717, 1.165) is 44.0 Å². The van der Waals surface area contributed by atoms with E-state index in [9.17, 15) is 4.79 Å². The number of likely N-dealkylation sites (tertiary alicyclic amines) is 3. The minimum atomic E-state index is -1.11. The first kappa shape index (κ1) is 29.2. The molecule has 0 saturated carbocycles. The van der Waals surface area contributed by atoms with Crippen molar-refractivity contribution in [3.8, 4) is 22.8 Å². The summed E-state index contributed by atoms with van der Waals surface area (Å²) >= 11 is 0. The monoisotopic (exact) mass is 608 g/mol. The van der Waals surface area contributed by atoms with Gasteiger partial charge in [-0.25, -0.2) is 19.0 Å². The quantitative estimate of drug-likeness (QED) is 0.308. The van der Waals surface area contributed by atoms with E-state index in [1.165, 1.54) is 6.33 Å². The van der Waals surface area contributed by atoms with E-state index in [1.54, 1.807) is 4.68 Å². The number of nitrogen functional groups attached to an aromatic ring is 1. The van der Waals surface area contributed by atoms with Crippen molar-refractivity contribution in [3.05, 3.63) is 60.9 Å². The largest absolute Gasteiger partial charge is 0.480 e. The molecular formula is C30H34ClFN8O3. The first-order chi connectivity index (χ1) is 20.4. The fourth-order valence-electron chi connectivity index (χ4n) is 6.37. The maximum Gasteiger partial charge on any atom is 0.317 e. The molecule has 5 heterocycles. The van der Waals surface area contributed by atoms with E-state index >= 15 is 4.39 Å². The van der Waals surface area contributed by atoms with Gasteiger partial charge in [-0.05, 0) is 42.8 Å². The molecule has 43 heavy (non-hydrogen) atoms. The van der Waals surface area contributed by atoms with Gasteiger partial charge in [0.05, 0.1) is 18.0 Å². The van der Waals surface area contributed by atoms with Crippen molar-refractivity contribution in [2.45, 2.75) is 30.7 Å². The lowest BCUT2D eigenvalue weighted by atomic mass is 9.95. The van der Waals surface area contributed by atoms with E-state index in [0.29, 0.717) is 53.3 Å². The van der Waals surface area contributed by atoms with Gasteiger partial charge in [0.15, 0.2) is 5.65 Å². The summed E-state index contributed by atoms with van der Waals surface area (Å²) in [7, 11) is 0. The number of benzene rings is 2. The highest BCUT2D eigenvalue weighted by molar-refractivity contribution is 5.98. The summed E-state index contributed by atoms with van der Waals surface area (Å²) in [4.78, 5) is 26.1. The number of carboxylic acid groups (broad SMARTS) is 1. The standard InChI is InChI=1S/C30H33FN8O3.ClH/c31-24-16-37(21-14-38(15-21)20-12-36(13-20)17-26(40)41)11-10-25(24)39-30-27(29(32)33-18-34-30)28(35-39)19-6-8-23(9-7-19)42-22-4-2-1-3-5-22;/h1-9,18,20-21,24-25H,10-17H2,(H,40,41)(H2,32,33,34);1H. The van der Waals surface area contributed by atoms with Crippen LogP contribution in [0.3, 0.4) is 0 Å². The van der Waals surface area contributed by atoms with Crippen molar-refractivity contribution in [2.75, 3.05) is 51.5 Å². The summed E-state index contributed by atoms with van der Waals surface area (Å²) in [5, 5.41) is 14.4. The maximum atomic E-state index is 15.8. The highest BCUT2D eigenvalue weighted by atomic mass is 35.5. The van der Waals surface area contributed by atoms with Crippen molar-refractivity contribution in [2.24, 2.45) is 0 Å². The van der Waals surface area contributed by atoms with E-state index in [1.807, 2.05) is 59.5 Å². The number of halogens is 2. The molecule has 4 aromatic rings. The molecule has 0 aliphatic carbocycles. The zero-order valence-electron chi connectivity index (χ0n) is 23.5. The van der Waals surface area contributed by atoms with Crippen molar-refractivity contribution < 1.29 is 19.0 Å². The first-order valence-corrected chi connectivity index (χ1v) is 14.3. The Labute approximate surface area is 254 Å². The minimum absolute atomic E-state index is 0.